The Morgan fingerprint density at radius 1 is 1.36 bits per heavy atom. The Labute approximate surface area is 143 Å². The van der Waals surface area contributed by atoms with E-state index in [1.54, 1.807) is 0 Å². The minimum atomic E-state index is -2.10. The van der Waals surface area contributed by atoms with Crippen LogP contribution in [-0.4, -0.2) is 22.6 Å². The summed E-state index contributed by atoms with van der Waals surface area (Å²) in [5.41, 5.74) is -3.25. The van der Waals surface area contributed by atoms with E-state index >= 15 is 0 Å². The molecule has 2 rings (SSSR count). The van der Waals surface area contributed by atoms with Crippen molar-refractivity contribution in [3.63, 3.8) is 0 Å². The van der Waals surface area contributed by atoms with Gasteiger partial charge < -0.3 is 10.4 Å². The third-order valence-electron chi connectivity index (χ3n) is 4.09. The van der Waals surface area contributed by atoms with Crippen molar-refractivity contribution in [1.29, 1.82) is 0 Å². The van der Waals surface area contributed by atoms with Crippen LogP contribution in [0.5, 0.6) is 0 Å². The number of halogens is 2. The highest BCUT2D eigenvalue weighted by Gasteiger charge is 2.42. The molecule has 1 aliphatic heterocycles. The van der Waals surface area contributed by atoms with Crippen LogP contribution >= 0.6 is 0 Å². The zero-order valence-corrected chi connectivity index (χ0v) is 13.6. The number of carboxylic acids is 1. The Bertz CT molecular complexity index is 767. The van der Waals surface area contributed by atoms with Gasteiger partial charge in [0.15, 0.2) is 11.2 Å². The highest BCUT2D eigenvalue weighted by molar-refractivity contribution is 5.87. The van der Waals surface area contributed by atoms with E-state index in [0.717, 1.165) is 25.1 Å². The number of carboxylic acid groups (broad SMARTS) is 1. The fraction of sp³-hybridized carbons (Fsp3) is 0.412. The minimum Gasteiger partial charge on any atom is -0.479 e. The minimum absolute atomic E-state index is 0.0720. The highest BCUT2D eigenvalue weighted by Crippen LogP contribution is 2.37. The smallest absolute Gasteiger partial charge is 0.333 e. The van der Waals surface area contributed by atoms with Gasteiger partial charge in [0.1, 0.15) is 11.6 Å². The molecule has 0 radical (unpaired) electrons. The molecule has 1 amide bonds. The van der Waals surface area contributed by atoms with Gasteiger partial charge in [-0.05, 0) is 25.1 Å². The van der Waals surface area contributed by atoms with Crippen molar-refractivity contribution in [3.8, 4) is 12.3 Å². The van der Waals surface area contributed by atoms with Gasteiger partial charge in [-0.3, -0.25) is 4.79 Å². The van der Waals surface area contributed by atoms with Gasteiger partial charge in [0.25, 0.3) is 0 Å². The van der Waals surface area contributed by atoms with Gasteiger partial charge in [0.05, 0.1) is 0 Å². The van der Waals surface area contributed by atoms with Gasteiger partial charge in [-0.2, -0.15) is 10.2 Å². The number of nitrogens with zero attached hydrogens (tertiary/aromatic N) is 2. The Balaban J connectivity index is 2.08. The number of rotatable bonds is 8. The SMILES string of the molecule is C#CCCC1(CCC(=O)NC(C)(C(=O)O)c2cc(F)ccc2F)N=N1. The molecule has 0 spiro atoms. The molecule has 0 bridgehead atoms. The third kappa shape index (κ3) is 4.18. The van der Waals surface area contributed by atoms with Crippen LogP contribution in [0.3, 0.4) is 0 Å². The van der Waals surface area contributed by atoms with Crippen LogP contribution in [0.25, 0.3) is 0 Å². The van der Waals surface area contributed by atoms with Gasteiger partial charge in [-0.15, -0.1) is 12.3 Å². The average Bonchev–Trinajstić information content (AvgIpc) is 3.33. The van der Waals surface area contributed by atoms with Gasteiger partial charge in [0.2, 0.25) is 5.91 Å². The van der Waals surface area contributed by atoms with Crippen molar-refractivity contribution in [3.05, 3.63) is 35.4 Å². The second kappa shape index (κ2) is 6.97. The first-order valence-electron chi connectivity index (χ1n) is 7.60. The van der Waals surface area contributed by atoms with Gasteiger partial charge >= 0.3 is 5.97 Å². The van der Waals surface area contributed by atoms with E-state index in [1.165, 1.54) is 0 Å². The van der Waals surface area contributed by atoms with Gasteiger partial charge in [-0.1, -0.05) is 0 Å². The molecule has 1 unspecified atom stereocenters. The number of nitrogens with one attached hydrogen (secondary N) is 1. The number of benzene rings is 1. The summed E-state index contributed by atoms with van der Waals surface area (Å²) in [5.74, 6) is -1.41. The summed E-state index contributed by atoms with van der Waals surface area (Å²) >= 11 is 0. The lowest BCUT2D eigenvalue weighted by atomic mass is 9.90. The van der Waals surface area contributed by atoms with E-state index in [4.69, 9.17) is 6.42 Å². The molecule has 0 saturated heterocycles. The molecular formula is C17H17F2N3O3. The maximum absolute atomic E-state index is 14.0. The predicted molar refractivity (Wildman–Crippen MR) is 84.4 cm³/mol. The topological polar surface area (TPSA) is 91.1 Å². The standard InChI is InChI=1S/C17H17F2N3O3/c1-3-4-8-17(21-22-17)9-7-14(23)20-16(2,15(24)25)12-10-11(18)5-6-13(12)19/h1,5-6,10H,4,7-9H2,2H3,(H,20,23)(H,24,25). The van der Waals surface area contributed by atoms with E-state index in [-0.39, 0.29) is 12.8 Å². The van der Waals surface area contributed by atoms with Crippen molar-refractivity contribution in [2.24, 2.45) is 10.2 Å². The third-order valence-corrected chi connectivity index (χ3v) is 4.09. The van der Waals surface area contributed by atoms with Crippen LogP contribution in [0.1, 0.15) is 38.2 Å². The van der Waals surface area contributed by atoms with Crippen LogP contribution in [0, 0.1) is 24.0 Å². The summed E-state index contributed by atoms with van der Waals surface area (Å²) in [6.07, 6.45) is 6.34. The van der Waals surface area contributed by atoms with Crippen LogP contribution in [0.4, 0.5) is 8.78 Å². The number of aliphatic carboxylic acids is 1. The summed E-state index contributed by atoms with van der Waals surface area (Å²) in [6.45, 7) is 1.10. The van der Waals surface area contributed by atoms with Crippen LogP contribution in [0.2, 0.25) is 0 Å². The summed E-state index contributed by atoms with van der Waals surface area (Å²) in [6, 6.07) is 2.44. The fourth-order valence-electron chi connectivity index (χ4n) is 2.44. The molecule has 6 nitrogen and oxygen atoms in total. The number of terminal acetylenes is 1. The molecule has 0 aliphatic carbocycles. The van der Waals surface area contributed by atoms with Gasteiger partial charge in [0, 0.05) is 31.2 Å². The number of carbonyl (C=O) groups is 2. The summed E-state index contributed by atoms with van der Waals surface area (Å²) in [7, 11) is 0. The van der Waals surface area contributed by atoms with Crippen molar-refractivity contribution < 1.29 is 23.5 Å². The van der Waals surface area contributed by atoms with Crippen molar-refractivity contribution in [2.75, 3.05) is 0 Å². The zero-order valence-electron chi connectivity index (χ0n) is 13.6. The van der Waals surface area contributed by atoms with Crippen LogP contribution in [0.15, 0.2) is 28.4 Å². The molecule has 0 fully saturated rings. The van der Waals surface area contributed by atoms with E-state index in [9.17, 15) is 23.5 Å². The normalized spacial score (nSPS) is 16.6. The monoisotopic (exact) mass is 349 g/mol. The van der Waals surface area contributed by atoms with E-state index < -0.39 is 40.3 Å². The molecule has 1 aromatic rings. The molecule has 25 heavy (non-hydrogen) atoms. The number of amides is 1. The number of hydrogen-bond acceptors (Lipinski definition) is 4. The highest BCUT2D eigenvalue weighted by atomic mass is 19.1. The maximum atomic E-state index is 14.0. The Morgan fingerprint density at radius 2 is 2.04 bits per heavy atom. The first-order chi connectivity index (χ1) is 11.7. The molecule has 1 aromatic carbocycles. The Morgan fingerprint density at radius 3 is 2.60 bits per heavy atom. The maximum Gasteiger partial charge on any atom is 0.333 e. The lowest BCUT2D eigenvalue weighted by Crippen LogP contribution is -2.50. The van der Waals surface area contributed by atoms with Crippen molar-refractivity contribution >= 4 is 11.9 Å². The van der Waals surface area contributed by atoms with Gasteiger partial charge in [-0.25, -0.2) is 13.6 Å². The molecule has 8 heteroatoms. The summed E-state index contributed by atoms with van der Waals surface area (Å²) in [5, 5.41) is 19.5. The molecule has 1 heterocycles. The molecule has 2 N–H and O–H groups in total. The number of carbonyl (C=O) groups excluding carboxylic acids is 1. The predicted octanol–water partition coefficient (Wildman–Crippen LogP) is 2.74. The average molecular weight is 349 g/mol. The molecule has 0 saturated carbocycles. The van der Waals surface area contributed by atoms with Crippen molar-refractivity contribution in [1.82, 2.24) is 5.32 Å². The molecule has 0 aromatic heterocycles. The molecule has 132 valence electrons. The summed E-state index contributed by atoms with van der Waals surface area (Å²) in [4.78, 5) is 23.8. The van der Waals surface area contributed by atoms with E-state index in [0.29, 0.717) is 12.8 Å². The fourth-order valence-corrected chi connectivity index (χ4v) is 2.44. The summed E-state index contributed by atoms with van der Waals surface area (Å²) < 4.78 is 27.4. The largest absolute Gasteiger partial charge is 0.479 e. The first kappa shape index (κ1) is 18.5. The second-order valence-corrected chi connectivity index (χ2v) is 5.99. The lowest BCUT2D eigenvalue weighted by Gasteiger charge is -2.27. The van der Waals surface area contributed by atoms with E-state index in [1.807, 2.05) is 0 Å². The Hall–Kier alpha value is -2.82. The van der Waals surface area contributed by atoms with Crippen molar-refractivity contribution in [2.45, 2.75) is 43.8 Å². The van der Waals surface area contributed by atoms with Crippen LogP contribution in [-0.2, 0) is 15.1 Å². The lowest BCUT2D eigenvalue weighted by molar-refractivity contribution is -0.147. The quantitative estimate of drug-likeness (QED) is 0.707. The first-order valence-corrected chi connectivity index (χ1v) is 7.60. The number of hydrogen-bond donors (Lipinski definition) is 2. The van der Waals surface area contributed by atoms with Crippen LogP contribution < -0.4 is 5.32 Å². The zero-order chi connectivity index (χ0) is 18.7. The molecular weight excluding hydrogens is 332 g/mol. The molecule has 1 atom stereocenters. The molecule has 1 aliphatic rings. The Kier molecular flexibility index (Phi) is 5.16. The van der Waals surface area contributed by atoms with E-state index in [2.05, 4.69) is 21.5 Å². The second-order valence-electron chi connectivity index (χ2n) is 5.99.